The van der Waals surface area contributed by atoms with Crippen molar-refractivity contribution >= 4 is 17.8 Å². The van der Waals surface area contributed by atoms with Gasteiger partial charge in [-0.3, -0.25) is 14.5 Å². The standard InChI is InChI=1S/C22H25F3N4O3/c1-3-28-16-12-29(13(2)19(30)27-10-6-7-11-27)20(31)17(16)18(26-21(28)32)14-8-4-5-9-15(14)22(23,24)25/h4-5,8-9,13,18H,3,6-7,10-12H2,1-2H3,(H,26,32). The molecule has 4 rings (SSSR count). The van der Waals surface area contributed by atoms with Gasteiger partial charge in [-0.05, 0) is 38.3 Å². The summed E-state index contributed by atoms with van der Waals surface area (Å²) in [5, 5.41) is 2.58. The van der Waals surface area contributed by atoms with E-state index in [0.29, 0.717) is 18.8 Å². The van der Waals surface area contributed by atoms with Crippen molar-refractivity contribution < 1.29 is 27.6 Å². The highest BCUT2D eigenvalue weighted by Gasteiger charge is 2.48. The molecule has 2 atom stereocenters. The number of hydrogen-bond acceptors (Lipinski definition) is 3. The molecule has 0 spiro atoms. The molecule has 3 aliphatic heterocycles. The number of likely N-dealkylation sites (N-methyl/N-ethyl adjacent to an activating group) is 1. The van der Waals surface area contributed by atoms with Gasteiger partial charge in [-0.2, -0.15) is 13.2 Å². The molecule has 0 saturated carbocycles. The van der Waals surface area contributed by atoms with Crippen LogP contribution >= 0.6 is 0 Å². The Bertz CT molecular complexity index is 985. The highest BCUT2D eigenvalue weighted by molar-refractivity contribution is 6.03. The van der Waals surface area contributed by atoms with Crippen LogP contribution in [-0.2, 0) is 15.8 Å². The molecule has 172 valence electrons. The number of likely N-dealkylation sites (tertiary alicyclic amines) is 1. The molecule has 1 N–H and O–H groups in total. The maximum Gasteiger partial charge on any atom is 0.416 e. The first-order valence-electron chi connectivity index (χ1n) is 10.7. The lowest BCUT2D eigenvalue weighted by Crippen LogP contribution is -2.47. The van der Waals surface area contributed by atoms with Crippen LogP contribution in [0, 0.1) is 0 Å². The normalized spacial score (nSPS) is 22.4. The van der Waals surface area contributed by atoms with Crippen molar-refractivity contribution in [2.45, 2.75) is 44.9 Å². The molecular weight excluding hydrogens is 425 g/mol. The molecule has 32 heavy (non-hydrogen) atoms. The monoisotopic (exact) mass is 450 g/mol. The van der Waals surface area contributed by atoms with Crippen LogP contribution in [0.2, 0.25) is 0 Å². The predicted octanol–water partition coefficient (Wildman–Crippen LogP) is 2.90. The first-order valence-corrected chi connectivity index (χ1v) is 10.7. The summed E-state index contributed by atoms with van der Waals surface area (Å²) in [4.78, 5) is 43.5. The maximum absolute atomic E-state index is 13.7. The predicted molar refractivity (Wildman–Crippen MR) is 109 cm³/mol. The third-order valence-corrected chi connectivity index (χ3v) is 6.39. The summed E-state index contributed by atoms with van der Waals surface area (Å²) in [6.45, 7) is 4.85. The number of alkyl halides is 3. The first kappa shape index (κ1) is 22.2. The molecule has 2 unspecified atom stereocenters. The molecule has 1 aromatic carbocycles. The molecule has 1 saturated heterocycles. The van der Waals surface area contributed by atoms with Gasteiger partial charge >= 0.3 is 12.2 Å². The summed E-state index contributed by atoms with van der Waals surface area (Å²) in [5.74, 6) is -0.717. The first-order chi connectivity index (χ1) is 15.1. The van der Waals surface area contributed by atoms with E-state index in [-0.39, 0.29) is 30.1 Å². The lowest BCUT2D eigenvalue weighted by molar-refractivity contribution is -0.141. The Labute approximate surface area is 183 Å². The van der Waals surface area contributed by atoms with Crippen molar-refractivity contribution in [3.63, 3.8) is 0 Å². The topological polar surface area (TPSA) is 73.0 Å². The minimum atomic E-state index is -4.65. The smallest absolute Gasteiger partial charge is 0.341 e. The van der Waals surface area contributed by atoms with Gasteiger partial charge in [-0.15, -0.1) is 0 Å². The van der Waals surface area contributed by atoms with Gasteiger partial charge in [0.2, 0.25) is 5.91 Å². The van der Waals surface area contributed by atoms with Gasteiger partial charge in [0.1, 0.15) is 6.04 Å². The maximum atomic E-state index is 13.7. The van der Waals surface area contributed by atoms with E-state index in [9.17, 15) is 27.6 Å². The number of nitrogens with one attached hydrogen (secondary N) is 1. The summed E-state index contributed by atoms with van der Waals surface area (Å²) in [7, 11) is 0. The highest BCUT2D eigenvalue weighted by atomic mass is 19.4. The molecule has 1 fully saturated rings. The molecule has 7 nitrogen and oxygen atoms in total. The summed E-state index contributed by atoms with van der Waals surface area (Å²) < 4.78 is 41.0. The largest absolute Gasteiger partial charge is 0.416 e. The minimum Gasteiger partial charge on any atom is -0.341 e. The molecule has 1 aromatic rings. The Kier molecular flexibility index (Phi) is 5.64. The Morgan fingerprint density at radius 3 is 2.47 bits per heavy atom. The number of hydrogen-bond donors (Lipinski definition) is 1. The van der Waals surface area contributed by atoms with Gasteiger partial charge in [0.15, 0.2) is 0 Å². The Morgan fingerprint density at radius 2 is 1.84 bits per heavy atom. The number of rotatable bonds is 4. The van der Waals surface area contributed by atoms with Crippen molar-refractivity contribution in [2.24, 2.45) is 0 Å². The Hall–Kier alpha value is -3.04. The van der Waals surface area contributed by atoms with E-state index in [1.54, 1.807) is 18.7 Å². The van der Waals surface area contributed by atoms with Crippen LogP contribution in [-0.4, -0.2) is 64.8 Å². The Morgan fingerprint density at radius 1 is 1.19 bits per heavy atom. The summed E-state index contributed by atoms with van der Waals surface area (Å²) in [5.41, 5.74) is -0.659. The fraction of sp³-hybridized carbons (Fsp3) is 0.500. The van der Waals surface area contributed by atoms with Gasteiger partial charge in [-0.25, -0.2) is 4.79 Å². The van der Waals surface area contributed by atoms with Gasteiger partial charge < -0.3 is 15.1 Å². The van der Waals surface area contributed by atoms with Crippen molar-refractivity contribution in [2.75, 3.05) is 26.2 Å². The second kappa shape index (κ2) is 8.14. The summed E-state index contributed by atoms with van der Waals surface area (Å²) in [6, 6.07) is 2.33. The van der Waals surface area contributed by atoms with Gasteiger partial charge in [0, 0.05) is 19.6 Å². The van der Waals surface area contributed by atoms with E-state index in [1.807, 2.05) is 0 Å². The van der Waals surface area contributed by atoms with Crippen molar-refractivity contribution in [1.29, 1.82) is 0 Å². The highest BCUT2D eigenvalue weighted by Crippen LogP contribution is 2.42. The van der Waals surface area contributed by atoms with E-state index >= 15 is 0 Å². The van der Waals surface area contributed by atoms with Gasteiger partial charge in [0.25, 0.3) is 5.91 Å². The summed E-state index contributed by atoms with van der Waals surface area (Å²) >= 11 is 0. The molecular formula is C22H25F3N4O3. The van der Waals surface area contributed by atoms with E-state index in [1.165, 1.54) is 28.0 Å². The average molecular weight is 450 g/mol. The molecule has 3 aliphatic rings. The second-order valence-corrected chi connectivity index (χ2v) is 8.21. The number of carbonyl (C=O) groups is 3. The van der Waals surface area contributed by atoms with Crippen LogP contribution in [0.1, 0.15) is 43.9 Å². The molecule has 0 bridgehead atoms. The molecule has 4 amide bonds. The molecule has 0 aromatic heterocycles. The number of carbonyl (C=O) groups excluding carboxylic acids is 3. The average Bonchev–Trinajstić information content (AvgIpc) is 3.40. The third kappa shape index (κ3) is 3.61. The molecule has 0 aliphatic carbocycles. The minimum absolute atomic E-state index is 0.000851. The zero-order valence-corrected chi connectivity index (χ0v) is 17.9. The number of nitrogens with zero attached hydrogens (tertiary/aromatic N) is 3. The van der Waals surface area contributed by atoms with E-state index in [2.05, 4.69) is 5.32 Å². The van der Waals surface area contributed by atoms with Crippen LogP contribution < -0.4 is 5.32 Å². The molecule has 10 heteroatoms. The number of amides is 4. The van der Waals surface area contributed by atoms with E-state index in [4.69, 9.17) is 0 Å². The number of urea groups is 1. The fourth-order valence-corrected chi connectivity index (χ4v) is 4.74. The van der Waals surface area contributed by atoms with Crippen LogP contribution in [0.5, 0.6) is 0 Å². The summed E-state index contributed by atoms with van der Waals surface area (Å²) in [6.07, 6.45) is -2.84. The Balaban J connectivity index is 1.73. The van der Waals surface area contributed by atoms with Crippen LogP contribution in [0.4, 0.5) is 18.0 Å². The molecule has 3 heterocycles. The van der Waals surface area contributed by atoms with Crippen LogP contribution in [0.3, 0.4) is 0 Å². The van der Waals surface area contributed by atoms with E-state index in [0.717, 1.165) is 18.9 Å². The van der Waals surface area contributed by atoms with Gasteiger partial charge in [-0.1, -0.05) is 18.2 Å². The number of halogens is 3. The van der Waals surface area contributed by atoms with Crippen molar-refractivity contribution in [3.8, 4) is 0 Å². The van der Waals surface area contributed by atoms with E-state index < -0.39 is 35.8 Å². The third-order valence-electron chi connectivity index (χ3n) is 6.39. The SMILES string of the molecule is CCN1C(=O)NC(c2ccccc2C(F)(F)F)C2=C1CN(C(C)C(=O)N1CCCC1)C2=O. The van der Waals surface area contributed by atoms with Crippen LogP contribution in [0.25, 0.3) is 0 Å². The zero-order valence-electron chi connectivity index (χ0n) is 17.9. The second-order valence-electron chi connectivity index (χ2n) is 8.21. The fourth-order valence-electron chi connectivity index (χ4n) is 4.74. The quantitative estimate of drug-likeness (QED) is 0.767. The number of benzene rings is 1. The lowest BCUT2D eigenvalue weighted by Gasteiger charge is -2.33. The molecule has 0 radical (unpaired) electrons. The lowest BCUT2D eigenvalue weighted by atomic mass is 9.91. The van der Waals surface area contributed by atoms with Crippen LogP contribution in [0.15, 0.2) is 35.5 Å². The van der Waals surface area contributed by atoms with Crippen molar-refractivity contribution in [3.05, 3.63) is 46.7 Å². The van der Waals surface area contributed by atoms with Crippen molar-refractivity contribution in [1.82, 2.24) is 20.0 Å². The van der Waals surface area contributed by atoms with Gasteiger partial charge in [0.05, 0.1) is 29.4 Å². The zero-order chi connectivity index (χ0) is 23.2.